The van der Waals surface area contributed by atoms with Crippen LogP contribution in [0.1, 0.15) is 18.9 Å². The Morgan fingerprint density at radius 3 is 2.67 bits per heavy atom. The molecule has 3 rings (SSSR count). The number of carbonyl (C=O) groups is 1. The Bertz CT molecular complexity index is 1040. The molecule has 3 aromatic rings. The molecule has 1 amide bonds. The second kappa shape index (κ2) is 10.2. The lowest BCUT2D eigenvalue weighted by molar-refractivity contribution is -0.915. The molecule has 0 radical (unpaired) electrons. The summed E-state index contributed by atoms with van der Waals surface area (Å²) in [4.78, 5) is 18.2. The van der Waals surface area contributed by atoms with E-state index >= 15 is 0 Å². The van der Waals surface area contributed by atoms with Crippen molar-refractivity contribution in [1.29, 1.82) is 0 Å². The number of methoxy groups -OCH3 is 1. The van der Waals surface area contributed by atoms with E-state index in [2.05, 4.69) is 22.3 Å². The quantitative estimate of drug-likeness (QED) is 0.460. The van der Waals surface area contributed by atoms with Crippen molar-refractivity contribution in [2.75, 3.05) is 25.5 Å². The summed E-state index contributed by atoms with van der Waals surface area (Å²) in [5.74, 6) is 1.29. The van der Waals surface area contributed by atoms with E-state index in [0.717, 1.165) is 29.3 Å². The number of nitrogens with one attached hydrogen (secondary N) is 3. The molecule has 0 aliphatic carbocycles. The maximum Gasteiger partial charge on any atom is 0.279 e. The Balaban J connectivity index is 1.70. The predicted molar refractivity (Wildman–Crippen MR) is 120 cm³/mol. The molecule has 0 saturated carbocycles. The maximum atomic E-state index is 12.7. The summed E-state index contributed by atoms with van der Waals surface area (Å²) in [5.41, 5.74) is 2.84. The van der Waals surface area contributed by atoms with Gasteiger partial charge in [0.1, 0.15) is 5.75 Å². The molecular weight excluding hydrogens is 398 g/mol. The molecule has 0 spiro atoms. The van der Waals surface area contributed by atoms with Crippen molar-refractivity contribution in [3.63, 3.8) is 0 Å². The van der Waals surface area contributed by atoms with Crippen molar-refractivity contribution in [1.82, 2.24) is 14.8 Å². The standard InChI is InChI=1S/C22H27N5O2S/c1-4-13-26(14-20(28)23-18-7-5-6-8-19(18)29-3)15-27-22(30)24-21(25-27)17-11-9-16(2)10-12-17/h5-12H,4,13-15H2,1-3H3,(H,23,28)(H,24,25,30)/p+1. The Kier molecular flexibility index (Phi) is 7.37. The average Bonchev–Trinajstić information content (AvgIpc) is 3.09. The van der Waals surface area contributed by atoms with Gasteiger partial charge < -0.3 is 15.0 Å². The largest absolute Gasteiger partial charge is 0.495 e. The van der Waals surface area contributed by atoms with E-state index in [1.165, 1.54) is 5.56 Å². The number of quaternary nitrogens is 1. The van der Waals surface area contributed by atoms with E-state index in [-0.39, 0.29) is 5.91 Å². The van der Waals surface area contributed by atoms with Gasteiger partial charge in [-0.25, -0.2) is 4.68 Å². The second-order valence-electron chi connectivity index (χ2n) is 7.23. The number of amides is 1. The van der Waals surface area contributed by atoms with Crippen LogP contribution < -0.4 is 15.0 Å². The number of ether oxygens (including phenoxy) is 1. The number of aromatic nitrogens is 3. The highest BCUT2D eigenvalue weighted by Crippen LogP contribution is 2.22. The van der Waals surface area contributed by atoms with E-state index < -0.39 is 0 Å². The van der Waals surface area contributed by atoms with Gasteiger partial charge in [0.05, 0.1) is 19.3 Å². The molecule has 1 unspecified atom stereocenters. The third-order valence-electron chi connectivity index (χ3n) is 4.78. The first kappa shape index (κ1) is 21.7. The van der Waals surface area contributed by atoms with Crippen LogP contribution in [0.5, 0.6) is 5.75 Å². The van der Waals surface area contributed by atoms with E-state index in [9.17, 15) is 4.79 Å². The SMILES string of the molecule is CCC[NH+](CC(=O)Nc1ccccc1OC)Cn1[nH]c(-c2ccc(C)cc2)nc1=S. The molecule has 0 bridgehead atoms. The van der Waals surface area contributed by atoms with Crippen LogP contribution >= 0.6 is 12.2 Å². The van der Waals surface area contributed by atoms with Crippen LogP contribution in [0.4, 0.5) is 5.69 Å². The molecule has 3 N–H and O–H groups in total. The van der Waals surface area contributed by atoms with Crippen molar-refractivity contribution in [2.45, 2.75) is 26.9 Å². The van der Waals surface area contributed by atoms with Gasteiger partial charge in [-0.1, -0.05) is 48.9 Å². The van der Waals surface area contributed by atoms with Crippen LogP contribution in [0.3, 0.4) is 0 Å². The van der Waals surface area contributed by atoms with Gasteiger partial charge in [-0.15, -0.1) is 0 Å². The van der Waals surface area contributed by atoms with E-state index in [4.69, 9.17) is 17.0 Å². The highest BCUT2D eigenvalue weighted by atomic mass is 32.1. The smallest absolute Gasteiger partial charge is 0.279 e. The number of rotatable bonds is 9. The molecule has 30 heavy (non-hydrogen) atoms. The summed E-state index contributed by atoms with van der Waals surface area (Å²) >= 11 is 5.44. The van der Waals surface area contributed by atoms with Crippen LogP contribution in [0, 0.1) is 11.7 Å². The zero-order valence-electron chi connectivity index (χ0n) is 17.6. The molecule has 0 saturated heterocycles. The number of H-pyrrole nitrogens is 1. The minimum absolute atomic E-state index is 0.0762. The number of carbonyl (C=O) groups excluding carboxylic acids is 1. The van der Waals surface area contributed by atoms with Crippen molar-refractivity contribution in [3.8, 4) is 17.1 Å². The lowest BCUT2D eigenvalue weighted by atomic mass is 10.1. The maximum absolute atomic E-state index is 12.7. The van der Waals surface area contributed by atoms with Crippen LogP contribution in [0.2, 0.25) is 0 Å². The molecule has 0 fully saturated rings. The Labute approximate surface area is 181 Å². The third-order valence-corrected chi connectivity index (χ3v) is 5.09. The molecule has 2 aromatic carbocycles. The van der Waals surface area contributed by atoms with Gasteiger partial charge in [0, 0.05) is 5.56 Å². The van der Waals surface area contributed by atoms with Gasteiger partial charge in [-0.2, -0.15) is 4.98 Å². The number of benzene rings is 2. The Morgan fingerprint density at radius 1 is 1.23 bits per heavy atom. The molecule has 1 aromatic heterocycles. The van der Waals surface area contributed by atoms with Crippen LogP contribution in [0.25, 0.3) is 11.4 Å². The zero-order chi connectivity index (χ0) is 21.5. The van der Waals surface area contributed by atoms with Crippen molar-refractivity contribution in [3.05, 3.63) is 58.9 Å². The average molecular weight is 427 g/mol. The first-order chi connectivity index (χ1) is 14.5. The fourth-order valence-electron chi connectivity index (χ4n) is 3.27. The highest BCUT2D eigenvalue weighted by molar-refractivity contribution is 7.71. The number of anilines is 1. The Hall–Kier alpha value is -2.97. The fraction of sp³-hybridized carbons (Fsp3) is 0.318. The number of hydrogen-bond donors (Lipinski definition) is 3. The number of hydrogen-bond acceptors (Lipinski definition) is 4. The van der Waals surface area contributed by atoms with Gasteiger partial charge in [0.2, 0.25) is 4.77 Å². The molecule has 158 valence electrons. The summed E-state index contributed by atoms with van der Waals surface area (Å²) < 4.78 is 7.61. The topological polar surface area (TPSA) is 76.4 Å². The predicted octanol–water partition coefficient (Wildman–Crippen LogP) is 2.82. The zero-order valence-corrected chi connectivity index (χ0v) is 18.4. The monoisotopic (exact) mass is 426 g/mol. The molecule has 0 aliphatic heterocycles. The van der Waals surface area contributed by atoms with E-state index in [1.54, 1.807) is 7.11 Å². The first-order valence-corrected chi connectivity index (χ1v) is 10.4. The van der Waals surface area contributed by atoms with E-state index in [1.807, 2.05) is 60.1 Å². The lowest BCUT2D eigenvalue weighted by Gasteiger charge is -2.19. The summed E-state index contributed by atoms with van der Waals surface area (Å²) in [6.45, 7) is 5.83. The number of para-hydroxylation sites is 2. The summed E-state index contributed by atoms with van der Waals surface area (Å²) in [7, 11) is 1.59. The number of nitrogens with zero attached hydrogens (tertiary/aromatic N) is 2. The first-order valence-electron chi connectivity index (χ1n) is 10.0. The summed E-state index contributed by atoms with van der Waals surface area (Å²) in [6.07, 6.45) is 0.948. The minimum Gasteiger partial charge on any atom is -0.495 e. The van der Waals surface area contributed by atoms with Gasteiger partial charge in [-0.05, 0) is 37.7 Å². The second-order valence-corrected chi connectivity index (χ2v) is 7.60. The molecule has 8 heteroatoms. The van der Waals surface area contributed by atoms with E-state index in [0.29, 0.717) is 29.4 Å². The number of aromatic amines is 1. The molecule has 7 nitrogen and oxygen atoms in total. The highest BCUT2D eigenvalue weighted by Gasteiger charge is 2.17. The van der Waals surface area contributed by atoms with Crippen LogP contribution in [-0.4, -0.2) is 40.9 Å². The Morgan fingerprint density at radius 2 is 1.97 bits per heavy atom. The van der Waals surface area contributed by atoms with Gasteiger partial charge in [0.25, 0.3) is 5.91 Å². The molecule has 1 atom stereocenters. The summed E-state index contributed by atoms with van der Waals surface area (Å²) in [5, 5.41) is 6.22. The fourth-order valence-corrected chi connectivity index (χ4v) is 3.48. The molecule has 1 heterocycles. The van der Waals surface area contributed by atoms with Gasteiger partial charge in [-0.3, -0.25) is 9.89 Å². The lowest BCUT2D eigenvalue weighted by Crippen LogP contribution is -3.12. The van der Waals surface area contributed by atoms with Gasteiger partial charge >= 0.3 is 0 Å². The van der Waals surface area contributed by atoms with Gasteiger partial charge in [0.15, 0.2) is 19.0 Å². The van der Waals surface area contributed by atoms with Crippen LogP contribution in [-0.2, 0) is 11.5 Å². The minimum atomic E-state index is -0.0762. The molecule has 0 aliphatic rings. The van der Waals surface area contributed by atoms with Crippen molar-refractivity contribution < 1.29 is 14.4 Å². The third kappa shape index (κ3) is 5.55. The molecular formula is C22H28N5O2S+. The normalized spacial score (nSPS) is 11.8. The van der Waals surface area contributed by atoms with Crippen LogP contribution in [0.15, 0.2) is 48.5 Å². The van der Waals surface area contributed by atoms with Crippen molar-refractivity contribution in [2.24, 2.45) is 0 Å². The summed E-state index contributed by atoms with van der Waals surface area (Å²) in [6, 6.07) is 15.5. The van der Waals surface area contributed by atoms with Crippen molar-refractivity contribution >= 4 is 23.8 Å². The number of aryl methyl sites for hydroxylation is 1.